The minimum absolute atomic E-state index is 0.109. The molecule has 2 N–H and O–H groups in total. The summed E-state index contributed by atoms with van der Waals surface area (Å²) in [5, 5.41) is 5.72. The highest BCUT2D eigenvalue weighted by atomic mass is 79.9. The summed E-state index contributed by atoms with van der Waals surface area (Å²) < 4.78 is 6.02. The zero-order valence-corrected chi connectivity index (χ0v) is 14.8. The molecule has 1 heterocycles. The summed E-state index contributed by atoms with van der Waals surface area (Å²) in [4.78, 5) is 25.8. The zero-order chi connectivity index (χ0) is 17.1. The first kappa shape index (κ1) is 16.6. The molecule has 1 aliphatic rings. The van der Waals surface area contributed by atoms with Gasteiger partial charge in [-0.15, -0.1) is 0 Å². The molecule has 1 aromatic carbocycles. The van der Waals surface area contributed by atoms with Crippen molar-refractivity contribution in [2.45, 2.75) is 25.4 Å². The maximum atomic E-state index is 12.3. The van der Waals surface area contributed by atoms with Crippen LogP contribution >= 0.6 is 15.9 Å². The fourth-order valence-corrected chi connectivity index (χ4v) is 2.54. The largest absolute Gasteiger partial charge is 0.452 e. The molecule has 6 nitrogen and oxygen atoms in total. The van der Waals surface area contributed by atoms with Crippen molar-refractivity contribution in [3.8, 4) is 0 Å². The first-order valence-corrected chi connectivity index (χ1v) is 8.48. The maximum Gasteiger partial charge on any atom is 0.321 e. The number of anilines is 1. The predicted octanol–water partition coefficient (Wildman–Crippen LogP) is 3.60. The topological polar surface area (TPSA) is 74.6 Å². The number of furan rings is 1. The highest BCUT2D eigenvalue weighted by molar-refractivity contribution is 9.10. The van der Waals surface area contributed by atoms with Gasteiger partial charge in [0.05, 0.1) is 6.54 Å². The predicted molar refractivity (Wildman–Crippen MR) is 93.8 cm³/mol. The fraction of sp³-hybridized carbons (Fsp3) is 0.294. The second kappa shape index (κ2) is 7.09. The molecule has 0 spiro atoms. The number of nitrogens with zero attached hydrogens (tertiary/aromatic N) is 1. The highest BCUT2D eigenvalue weighted by Gasteiger charge is 2.23. The molecule has 126 valence electrons. The zero-order valence-electron chi connectivity index (χ0n) is 13.2. The molecular weight excluding hydrogens is 374 g/mol. The van der Waals surface area contributed by atoms with Gasteiger partial charge in [-0.2, -0.15) is 0 Å². The van der Waals surface area contributed by atoms with Crippen molar-refractivity contribution in [1.29, 1.82) is 0 Å². The summed E-state index contributed by atoms with van der Waals surface area (Å²) in [5.74, 6) is 0.569. The van der Waals surface area contributed by atoms with Crippen LogP contribution in [0.15, 0.2) is 45.5 Å². The van der Waals surface area contributed by atoms with E-state index in [2.05, 4.69) is 26.6 Å². The molecule has 1 aliphatic carbocycles. The minimum Gasteiger partial charge on any atom is -0.452 e. The summed E-state index contributed by atoms with van der Waals surface area (Å²) >= 11 is 3.23. The van der Waals surface area contributed by atoms with E-state index in [0.29, 0.717) is 34.3 Å². The van der Waals surface area contributed by atoms with Crippen LogP contribution in [0.5, 0.6) is 0 Å². The number of rotatable bonds is 5. The van der Waals surface area contributed by atoms with Gasteiger partial charge in [-0.3, -0.25) is 4.79 Å². The molecular formula is C17H18BrN3O3. The number of benzene rings is 1. The maximum absolute atomic E-state index is 12.3. The van der Waals surface area contributed by atoms with E-state index in [4.69, 9.17) is 4.42 Å². The quantitative estimate of drug-likeness (QED) is 0.817. The average Bonchev–Trinajstić information content (AvgIpc) is 3.28. The van der Waals surface area contributed by atoms with Crippen LogP contribution in [0.25, 0.3) is 0 Å². The summed E-state index contributed by atoms with van der Waals surface area (Å²) in [7, 11) is 1.68. The van der Waals surface area contributed by atoms with Gasteiger partial charge in [0.15, 0.2) is 4.67 Å². The molecule has 1 aromatic heterocycles. The molecule has 0 radical (unpaired) electrons. The Kier molecular flexibility index (Phi) is 4.89. The third kappa shape index (κ3) is 4.38. The number of halogens is 1. The molecule has 1 fully saturated rings. The Hall–Kier alpha value is -2.28. The third-order valence-corrected chi connectivity index (χ3v) is 4.08. The number of amides is 3. The van der Waals surface area contributed by atoms with Crippen LogP contribution in [0.4, 0.5) is 10.5 Å². The summed E-state index contributed by atoms with van der Waals surface area (Å²) in [6, 6.07) is 10.5. The van der Waals surface area contributed by atoms with Crippen molar-refractivity contribution < 1.29 is 14.0 Å². The Morgan fingerprint density at radius 1 is 1.29 bits per heavy atom. The first-order valence-electron chi connectivity index (χ1n) is 7.68. The Morgan fingerprint density at radius 3 is 2.75 bits per heavy atom. The summed E-state index contributed by atoms with van der Waals surface area (Å²) in [6.07, 6.45) is 2.08. The van der Waals surface area contributed by atoms with Crippen LogP contribution in [-0.4, -0.2) is 29.9 Å². The molecule has 0 atom stereocenters. The molecule has 0 unspecified atom stereocenters. The van der Waals surface area contributed by atoms with Crippen LogP contribution in [0.2, 0.25) is 0 Å². The molecule has 2 aromatic rings. The van der Waals surface area contributed by atoms with E-state index in [9.17, 15) is 9.59 Å². The van der Waals surface area contributed by atoms with Crippen molar-refractivity contribution in [3.63, 3.8) is 0 Å². The van der Waals surface area contributed by atoms with Gasteiger partial charge in [-0.05, 0) is 59.1 Å². The number of carbonyl (C=O) groups excluding carboxylic acids is 2. The molecule has 1 saturated carbocycles. The van der Waals surface area contributed by atoms with Gasteiger partial charge in [0.2, 0.25) is 0 Å². The lowest BCUT2D eigenvalue weighted by Gasteiger charge is -2.17. The van der Waals surface area contributed by atoms with Gasteiger partial charge in [0.25, 0.3) is 5.91 Å². The highest BCUT2D eigenvalue weighted by Crippen LogP contribution is 2.20. The lowest BCUT2D eigenvalue weighted by molar-refractivity contribution is 0.0951. The van der Waals surface area contributed by atoms with Gasteiger partial charge in [0.1, 0.15) is 5.76 Å². The van der Waals surface area contributed by atoms with Gasteiger partial charge >= 0.3 is 6.03 Å². The number of carbonyl (C=O) groups is 2. The Labute approximate surface area is 148 Å². The summed E-state index contributed by atoms with van der Waals surface area (Å²) in [5.41, 5.74) is 1.12. The van der Waals surface area contributed by atoms with E-state index >= 15 is 0 Å². The second-order valence-electron chi connectivity index (χ2n) is 5.82. The van der Waals surface area contributed by atoms with Crippen molar-refractivity contribution in [1.82, 2.24) is 10.2 Å². The standard InChI is InChI=1S/C17H18BrN3O3/c1-21(10-14-7-8-15(18)24-14)17(23)20-13-4-2-3-11(9-13)16(22)19-12-5-6-12/h2-4,7-9,12H,5-6,10H2,1H3,(H,19,22)(H,20,23). The number of hydrogen-bond acceptors (Lipinski definition) is 3. The van der Waals surface area contributed by atoms with Crippen molar-refractivity contribution in [2.24, 2.45) is 0 Å². The Balaban J connectivity index is 1.59. The van der Waals surface area contributed by atoms with Gasteiger partial charge in [0, 0.05) is 24.3 Å². The van der Waals surface area contributed by atoms with E-state index in [0.717, 1.165) is 12.8 Å². The van der Waals surface area contributed by atoms with Crippen molar-refractivity contribution in [2.75, 3.05) is 12.4 Å². The summed E-state index contributed by atoms with van der Waals surface area (Å²) in [6.45, 7) is 0.347. The van der Waals surface area contributed by atoms with Crippen LogP contribution in [0.3, 0.4) is 0 Å². The van der Waals surface area contributed by atoms with Crippen LogP contribution < -0.4 is 10.6 Å². The van der Waals surface area contributed by atoms with Crippen LogP contribution in [0.1, 0.15) is 29.0 Å². The van der Waals surface area contributed by atoms with Gasteiger partial charge in [-0.1, -0.05) is 6.07 Å². The fourth-order valence-electron chi connectivity index (χ4n) is 2.20. The normalized spacial score (nSPS) is 13.4. The molecule has 3 amide bonds. The number of nitrogens with one attached hydrogen (secondary N) is 2. The van der Waals surface area contributed by atoms with E-state index in [1.54, 1.807) is 43.4 Å². The van der Waals surface area contributed by atoms with E-state index in [1.165, 1.54) is 4.90 Å². The van der Waals surface area contributed by atoms with Crippen molar-refractivity contribution in [3.05, 3.63) is 52.4 Å². The monoisotopic (exact) mass is 391 g/mol. The average molecular weight is 392 g/mol. The first-order chi connectivity index (χ1) is 11.5. The van der Waals surface area contributed by atoms with Crippen LogP contribution in [0, 0.1) is 0 Å². The molecule has 3 rings (SSSR count). The third-order valence-electron chi connectivity index (χ3n) is 3.66. The van der Waals surface area contributed by atoms with E-state index in [-0.39, 0.29) is 11.9 Å². The van der Waals surface area contributed by atoms with E-state index < -0.39 is 0 Å². The van der Waals surface area contributed by atoms with Crippen molar-refractivity contribution >= 4 is 33.6 Å². The minimum atomic E-state index is -0.276. The van der Waals surface area contributed by atoms with E-state index in [1.807, 2.05) is 0 Å². The number of hydrogen-bond donors (Lipinski definition) is 2. The van der Waals surface area contributed by atoms with Crippen LogP contribution in [-0.2, 0) is 6.54 Å². The Morgan fingerprint density at radius 2 is 2.08 bits per heavy atom. The second-order valence-corrected chi connectivity index (χ2v) is 6.60. The van der Waals surface area contributed by atoms with Gasteiger partial charge < -0.3 is 20.0 Å². The molecule has 24 heavy (non-hydrogen) atoms. The number of urea groups is 1. The molecule has 0 bridgehead atoms. The lowest BCUT2D eigenvalue weighted by atomic mass is 10.2. The lowest BCUT2D eigenvalue weighted by Crippen LogP contribution is -2.31. The molecule has 7 heteroatoms. The van der Waals surface area contributed by atoms with Gasteiger partial charge in [-0.25, -0.2) is 4.79 Å². The smallest absolute Gasteiger partial charge is 0.321 e. The SMILES string of the molecule is CN(Cc1ccc(Br)o1)C(=O)Nc1cccc(C(=O)NC2CC2)c1. The molecule has 0 aliphatic heterocycles. The molecule has 0 saturated heterocycles. The Bertz CT molecular complexity index is 755.